The Balaban J connectivity index is 1.45. The molecular formula is C19H14FNO3S. The molecular weight excluding hydrogens is 341 g/mol. The molecule has 4 rings (SSSR count). The van der Waals surface area contributed by atoms with Crippen LogP contribution in [0.4, 0.5) is 10.1 Å². The first kappa shape index (κ1) is 15.8. The van der Waals surface area contributed by atoms with E-state index in [4.69, 9.17) is 4.74 Å². The third-order valence-corrected chi connectivity index (χ3v) is 5.30. The van der Waals surface area contributed by atoms with Gasteiger partial charge in [0.1, 0.15) is 10.7 Å². The van der Waals surface area contributed by atoms with Crippen molar-refractivity contribution in [2.45, 2.75) is 6.42 Å². The summed E-state index contributed by atoms with van der Waals surface area (Å²) in [6.07, 6.45) is 0.797. The molecule has 1 aliphatic rings. The van der Waals surface area contributed by atoms with Gasteiger partial charge in [-0.2, -0.15) is 0 Å². The zero-order valence-corrected chi connectivity index (χ0v) is 14.0. The molecule has 0 atom stereocenters. The van der Waals surface area contributed by atoms with Crippen LogP contribution in [0.15, 0.2) is 48.5 Å². The predicted molar refractivity (Wildman–Crippen MR) is 94.6 cm³/mol. The highest BCUT2D eigenvalue weighted by molar-refractivity contribution is 7.20. The van der Waals surface area contributed by atoms with Crippen molar-refractivity contribution in [1.29, 1.82) is 0 Å². The second-order valence-corrected chi connectivity index (χ2v) is 6.85. The number of para-hydroxylation sites is 1. The largest absolute Gasteiger partial charge is 0.451 e. The lowest BCUT2D eigenvalue weighted by Crippen LogP contribution is -2.33. The highest BCUT2D eigenvalue weighted by Gasteiger charge is 2.25. The van der Waals surface area contributed by atoms with E-state index in [1.165, 1.54) is 12.1 Å². The van der Waals surface area contributed by atoms with Gasteiger partial charge in [-0.1, -0.05) is 24.3 Å². The van der Waals surface area contributed by atoms with Gasteiger partial charge in [-0.05, 0) is 36.2 Å². The number of rotatable bonds is 3. The van der Waals surface area contributed by atoms with Crippen molar-refractivity contribution in [3.8, 4) is 0 Å². The van der Waals surface area contributed by atoms with Crippen molar-refractivity contribution in [3.05, 3.63) is 64.8 Å². The number of fused-ring (bicyclic) bond motifs is 2. The summed E-state index contributed by atoms with van der Waals surface area (Å²) in [7, 11) is 0. The maximum absolute atomic E-state index is 13.7. The van der Waals surface area contributed by atoms with Crippen LogP contribution in [0.1, 0.15) is 15.2 Å². The number of ether oxygens (including phenoxy) is 1. The van der Waals surface area contributed by atoms with Gasteiger partial charge in [-0.3, -0.25) is 4.79 Å². The number of amides is 1. The summed E-state index contributed by atoms with van der Waals surface area (Å²) in [4.78, 5) is 26.5. The van der Waals surface area contributed by atoms with Crippen LogP contribution in [0.2, 0.25) is 0 Å². The molecule has 2 aromatic carbocycles. The Bertz CT molecular complexity index is 982. The highest BCUT2D eigenvalue weighted by Crippen LogP contribution is 2.29. The lowest BCUT2D eigenvalue weighted by Gasteiger charge is -2.16. The maximum Gasteiger partial charge on any atom is 0.348 e. The molecule has 0 saturated heterocycles. The Hall–Kier alpha value is -2.73. The second kappa shape index (κ2) is 6.29. The van der Waals surface area contributed by atoms with E-state index >= 15 is 0 Å². The van der Waals surface area contributed by atoms with E-state index in [1.807, 2.05) is 24.3 Å². The van der Waals surface area contributed by atoms with E-state index in [2.05, 4.69) is 0 Å². The predicted octanol–water partition coefficient (Wildman–Crippen LogP) is 3.79. The van der Waals surface area contributed by atoms with E-state index < -0.39 is 5.97 Å². The molecule has 2 heterocycles. The molecule has 4 nitrogen and oxygen atoms in total. The van der Waals surface area contributed by atoms with Gasteiger partial charge in [0.15, 0.2) is 6.61 Å². The van der Waals surface area contributed by atoms with Gasteiger partial charge in [0, 0.05) is 22.3 Å². The molecule has 0 spiro atoms. The average Bonchev–Trinajstić information content (AvgIpc) is 3.24. The smallest absolute Gasteiger partial charge is 0.348 e. The van der Waals surface area contributed by atoms with Crippen LogP contribution in [0.5, 0.6) is 0 Å². The van der Waals surface area contributed by atoms with Crippen molar-refractivity contribution in [2.75, 3.05) is 18.1 Å². The zero-order chi connectivity index (χ0) is 17.4. The standard InChI is InChI=1S/C19H14FNO3S/c20-14-5-3-7-16-13(14)10-17(25-16)19(23)24-11-18(22)21-9-8-12-4-1-2-6-15(12)21/h1-7,10H,8-9,11H2. The number of anilines is 1. The third kappa shape index (κ3) is 2.89. The molecule has 6 heteroatoms. The molecule has 0 bridgehead atoms. The molecule has 0 radical (unpaired) electrons. The molecule has 126 valence electrons. The van der Waals surface area contributed by atoms with Gasteiger partial charge in [-0.15, -0.1) is 11.3 Å². The van der Waals surface area contributed by atoms with E-state index in [-0.39, 0.29) is 23.2 Å². The van der Waals surface area contributed by atoms with Crippen molar-refractivity contribution in [3.63, 3.8) is 0 Å². The summed E-state index contributed by atoms with van der Waals surface area (Å²) < 4.78 is 19.5. The molecule has 0 N–H and O–H groups in total. The molecule has 0 fully saturated rings. The third-order valence-electron chi connectivity index (χ3n) is 4.22. The number of hydrogen-bond donors (Lipinski definition) is 0. The first-order chi connectivity index (χ1) is 12.1. The maximum atomic E-state index is 13.7. The van der Waals surface area contributed by atoms with Crippen molar-refractivity contribution >= 4 is 39.0 Å². The van der Waals surface area contributed by atoms with E-state index in [0.717, 1.165) is 29.0 Å². The lowest BCUT2D eigenvalue weighted by atomic mass is 10.2. The summed E-state index contributed by atoms with van der Waals surface area (Å²) in [5.74, 6) is -1.25. The highest BCUT2D eigenvalue weighted by atomic mass is 32.1. The van der Waals surface area contributed by atoms with E-state index in [0.29, 0.717) is 16.6 Å². The first-order valence-electron chi connectivity index (χ1n) is 7.87. The van der Waals surface area contributed by atoms with Crippen LogP contribution in [0.25, 0.3) is 10.1 Å². The van der Waals surface area contributed by atoms with Crippen LogP contribution >= 0.6 is 11.3 Å². The fourth-order valence-electron chi connectivity index (χ4n) is 3.00. The van der Waals surface area contributed by atoms with Crippen molar-refractivity contribution < 1.29 is 18.7 Å². The van der Waals surface area contributed by atoms with Gasteiger partial charge in [-0.25, -0.2) is 9.18 Å². The summed E-state index contributed by atoms with van der Waals surface area (Å²) >= 11 is 1.15. The van der Waals surface area contributed by atoms with Gasteiger partial charge in [0.05, 0.1) is 0 Å². The average molecular weight is 355 g/mol. The number of esters is 1. The van der Waals surface area contributed by atoms with E-state index in [9.17, 15) is 14.0 Å². The molecule has 0 unspecified atom stereocenters. The molecule has 1 aliphatic heterocycles. The fraction of sp³-hybridized carbons (Fsp3) is 0.158. The Morgan fingerprint density at radius 2 is 2.00 bits per heavy atom. The topological polar surface area (TPSA) is 46.6 Å². The number of thiophene rings is 1. The number of carbonyl (C=O) groups is 2. The van der Waals surface area contributed by atoms with Crippen LogP contribution in [-0.4, -0.2) is 25.0 Å². The van der Waals surface area contributed by atoms with Crippen molar-refractivity contribution in [2.24, 2.45) is 0 Å². The van der Waals surface area contributed by atoms with Gasteiger partial charge in [0.2, 0.25) is 0 Å². The zero-order valence-electron chi connectivity index (χ0n) is 13.2. The van der Waals surface area contributed by atoms with Gasteiger partial charge < -0.3 is 9.64 Å². The summed E-state index contributed by atoms with van der Waals surface area (Å²) in [6, 6.07) is 13.8. The Kier molecular flexibility index (Phi) is 3.97. The Labute approximate surface area is 147 Å². The van der Waals surface area contributed by atoms with Crippen LogP contribution in [0.3, 0.4) is 0 Å². The van der Waals surface area contributed by atoms with Gasteiger partial charge >= 0.3 is 5.97 Å². The molecule has 1 aromatic heterocycles. The number of benzene rings is 2. The molecule has 0 aliphatic carbocycles. The Morgan fingerprint density at radius 1 is 1.16 bits per heavy atom. The van der Waals surface area contributed by atoms with Crippen LogP contribution in [-0.2, 0) is 16.0 Å². The minimum absolute atomic E-state index is 0.259. The van der Waals surface area contributed by atoms with Crippen LogP contribution < -0.4 is 4.90 Å². The van der Waals surface area contributed by atoms with Crippen molar-refractivity contribution in [1.82, 2.24) is 0 Å². The number of carbonyl (C=O) groups excluding carboxylic acids is 2. The van der Waals surface area contributed by atoms with E-state index in [1.54, 1.807) is 17.0 Å². The monoisotopic (exact) mass is 355 g/mol. The SMILES string of the molecule is O=C(OCC(=O)N1CCc2ccccc21)c1cc2c(F)cccc2s1. The molecule has 1 amide bonds. The number of hydrogen-bond acceptors (Lipinski definition) is 4. The molecule has 25 heavy (non-hydrogen) atoms. The van der Waals surface area contributed by atoms with Gasteiger partial charge in [0.25, 0.3) is 5.91 Å². The first-order valence-corrected chi connectivity index (χ1v) is 8.68. The molecule has 0 saturated carbocycles. The Morgan fingerprint density at radius 3 is 2.84 bits per heavy atom. The molecule has 3 aromatic rings. The summed E-state index contributed by atoms with van der Waals surface area (Å²) in [5.41, 5.74) is 1.98. The minimum atomic E-state index is -0.610. The minimum Gasteiger partial charge on any atom is -0.451 e. The summed E-state index contributed by atoms with van der Waals surface area (Å²) in [6.45, 7) is 0.258. The second-order valence-electron chi connectivity index (χ2n) is 5.76. The van der Waals surface area contributed by atoms with Crippen LogP contribution in [0, 0.1) is 5.82 Å². The number of halogens is 1. The lowest BCUT2D eigenvalue weighted by molar-refractivity contribution is -0.121. The quantitative estimate of drug-likeness (QED) is 0.672. The fourth-order valence-corrected chi connectivity index (χ4v) is 3.97. The normalized spacial score (nSPS) is 13.1. The summed E-state index contributed by atoms with van der Waals surface area (Å²) in [5, 5.41) is 0.388. The number of nitrogens with zero attached hydrogens (tertiary/aromatic N) is 1.